The van der Waals surface area contributed by atoms with E-state index in [9.17, 15) is 0 Å². The number of halogens is 1. The van der Waals surface area contributed by atoms with Crippen LogP contribution in [-0.2, 0) is 0 Å². The Hall–Kier alpha value is 0.160. The average Bonchev–Trinajstić information content (AvgIpc) is 1.91. The molecule has 7 heavy (non-hydrogen) atoms. The third-order valence-electron chi connectivity index (χ3n) is 0.549. The number of aromatic nitrogens is 1. The van der Waals surface area contributed by atoms with Gasteiger partial charge in [0.05, 0.1) is 5.51 Å². The van der Waals surface area contributed by atoms with E-state index in [1.807, 2.05) is 0 Å². The van der Waals surface area contributed by atoms with E-state index in [0.717, 1.165) is 8.70 Å². The highest BCUT2D eigenvalue weighted by atomic mass is 127. The Bertz CT molecular complexity index is 145. The molecule has 0 saturated carbocycles. The summed E-state index contributed by atoms with van der Waals surface area (Å²) in [6.07, 6.45) is 0. The smallest absolute Gasteiger partial charge is 0.135 e. The second-order valence-electron chi connectivity index (χ2n) is 1.01. The molecular weight excluding hydrogens is 223 g/mol. The minimum Gasteiger partial charge on any atom is -0.388 e. The first kappa shape index (κ1) is 5.30. The molecule has 0 aromatic carbocycles. The molecule has 1 heterocycles. The molecule has 0 unspecified atom stereocenters. The van der Waals surface area contributed by atoms with Crippen molar-refractivity contribution in [3.63, 3.8) is 0 Å². The standard InChI is InChI=1S/C3H3IN2S/c4-2-3(5)7-1-6-2/h1H,5H2. The first-order chi connectivity index (χ1) is 3.30. The number of rotatable bonds is 0. The lowest BCUT2D eigenvalue weighted by Crippen LogP contribution is -1.80. The third kappa shape index (κ3) is 1.03. The molecule has 0 amide bonds. The van der Waals surface area contributed by atoms with Gasteiger partial charge in [0.1, 0.15) is 8.70 Å². The van der Waals surface area contributed by atoms with Crippen LogP contribution in [0.3, 0.4) is 0 Å². The lowest BCUT2D eigenvalue weighted by molar-refractivity contribution is 1.36. The maximum atomic E-state index is 5.39. The zero-order chi connectivity index (χ0) is 5.28. The molecule has 0 atom stereocenters. The van der Waals surface area contributed by atoms with Gasteiger partial charge in [-0.05, 0) is 22.6 Å². The normalized spacial score (nSPS) is 9.29. The predicted molar refractivity (Wildman–Crippen MR) is 39.2 cm³/mol. The molecule has 2 nitrogen and oxygen atoms in total. The first-order valence-electron chi connectivity index (χ1n) is 1.65. The Balaban J connectivity index is 3.12. The van der Waals surface area contributed by atoms with Crippen LogP contribution in [0, 0.1) is 3.70 Å². The molecule has 2 N–H and O–H groups in total. The van der Waals surface area contributed by atoms with Gasteiger partial charge in [0.25, 0.3) is 0 Å². The summed E-state index contributed by atoms with van der Waals surface area (Å²) < 4.78 is 0.905. The molecule has 0 fully saturated rings. The summed E-state index contributed by atoms with van der Waals surface area (Å²) in [4.78, 5) is 3.90. The van der Waals surface area contributed by atoms with E-state index in [4.69, 9.17) is 5.73 Å². The molecule has 0 bridgehead atoms. The number of hydrogen-bond acceptors (Lipinski definition) is 3. The summed E-state index contributed by atoms with van der Waals surface area (Å²) in [6, 6.07) is 0. The van der Waals surface area contributed by atoms with E-state index >= 15 is 0 Å². The van der Waals surface area contributed by atoms with Gasteiger partial charge in [-0.15, -0.1) is 11.3 Å². The van der Waals surface area contributed by atoms with E-state index in [1.54, 1.807) is 5.51 Å². The van der Waals surface area contributed by atoms with E-state index in [1.165, 1.54) is 11.3 Å². The van der Waals surface area contributed by atoms with Gasteiger partial charge in [-0.25, -0.2) is 4.98 Å². The number of anilines is 1. The van der Waals surface area contributed by atoms with Crippen molar-refractivity contribution >= 4 is 38.9 Å². The van der Waals surface area contributed by atoms with Gasteiger partial charge in [-0.2, -0.15) is 0 Å². The van der Waals surface area contributed by atoms with Crippen LogP contribution < -0.4 is 5.73 Å². The molecule has 4 heteroatoms. The topological polar surface area (TPSA) is 38.9 Å². The third-order valence-corrected chi connectivity index (χ3v) is 2.43. The molecule has 0 aliphatic heterocycles. The number of thiazole rings is 1. The highest BCUT2D eigenvalue weighted by molar-refractivity contribution is 14.1. The average molecular weight is 226 g/mol. The highest BCUT2D eigenvalue weighted by Crippen LogP contribution is 2.16. The molecular formula is C3H3IN2S. The highest BCUT2D eigenvalue weighted by Gasteiger charge is 1.92. The lowest BCUT2D eigenvalue weighted by Gasteiger charge is -1.76. The number of nitrogens with two attached hydrogens (primary N) is 1. The van der Waals surface area contributed by atoms with Gasteiger partial charge in [0, 0.05) is 0 Å². The Labute approximate surface area is 58.9 Å². The Morgan fingerprint density at radius 3 is 2.71 bits per heavy atom. The molecule has 1 rings (SSSR count). The predicted octanol–water partition coefficient (Wildman–Crippen LogP) is 1.33. The molecule has 0 aliphatic rings. The van der Waals surface area contributed by atoms with E-state index in [0.29, 0.717) is 0 Å². The second kappa shape index (κ2) is 1.95. The Morgan fingerprint density at radius 1 is 1.86 bits per heavy atom. The fraction of sp³-hybridized carbons (Fsp3) is 0. The van der Waals surface area contributed by atoms with Crippen molar-refractivity contribution in [2.45, 2.75) is 0 Å². The molecule has 0 aliphatic carbocycles. The van der Waals surface area contributed by atoms with Crippen molar-refractivity contribution in [2.75, 3.05) is 5.73 Å². The van der Waals surface area contributed by atoms with Crippen LogP contribution in [0.4, 0.5) is 5.00 Å². The van der Waals surface area contributed by atoms with Crippen LogP contribution >= 0.6 is 33.9 Å². The number of nitrogens with zero attached hydrogens (tertiary/aromatic N) is 1. The van der Waals surface area contributed by atoms with Crippen molar-refractivity contribution in [2.24, 2.45) is 0 Å². The summed E-state index contributed by atoms with van der Waals surface area (Å²) in [6.45, 7) is 0. The van der Waals surface area contributed by atoms with Crippen LogP contribution in [0.1, 0.15) is 0 Å². The van der Waals surface area contributed by atoms with Crippen molar-refractivity contribution in [3.05, 3.63) is 9.21 Å². The van der Waals surface area contributed by atoms with Gasteiger partial charge in [-0.3, -0.25) is 0 Å². The quantitative estimate of drug-likeness (QED) is 0.677. The summed E-state index contributed by atoms with van der Waals surface area (Å²) in [5.41, 5.74) is 7.12. The maximum absolute atomic E-state index is 5.39. The largest absolute Gasteiger partial charge is 0.388 e. The minimum atomic E-state index is 0.806. The fourth-order valence-corrected chi connectivity index (χ4v) is 1.37. The zero-order valence-electron chi connectivity index (χ0n) is 3.39. The minimum absolute atomic E-state index is 0.806. The van der Waals surface area contributed by atoms with Crippen LogP contribution in [-0.4, -0.2) is 4.98 Å². The maximum Gasteiger partial charge on any atom is 0.135 e. The van der Waals surface area contributed by atoms with Gasteiger partial charge in [0.2, 0.25) is 0 Å². The first-order valence-corrected chi connectivity index (χ1v) is 3.61. The van der Waals surface area contributed by atoms with E-state index in [-0.39, 0.29) is 0 Å². The summed E-state index contributed by atoms with van der Waals surface area (Å²) in [7, 11) is 0. The molecule has 1 aromatic heterocycles. The van der Waals surface area contributed by atoms with E-state index < -0.39 is 0 Å². The molecule has 0 saturated heterocycles. The van der Waals surface area contributed by atoms with Crippen molar-refractivity contribution in [1.29, 1.82) is 0 Å². The number of nitrogen functional groups attached to an aromatic ring is 1. The van der Waals surface area contributed by atoms with Crippen molar-refractivity contribution < 1.29 is 0 Å². The van der Waals surface area contributed by atoms with Crippen LogP contribution in [0.25, 0.3) is 0 Å². The SMILES string of the molecule is Nc1scnc1I. The molecule has 1 aromatic rings. The van der Waals surface area contributed by atoms with Crippen LogP contribution in [0.2, 0.25) is 0 Å². The van der Waals surface area contributed by atoms with Gasteiger partial charge in [-0.1, -0.05) is 0 Å². The summed E-state index contributed by atoms with van der Waals surface area (Å²) in [5.74, 6) is 0. The Morgan fingerprint density at radius 2 is 2.57 bits per heavy atom. The lowest BCUT2D eigenvalue weighted by atomic mass is 10.9. The monoisotopic (exact) mass is 226 g/mol. The summed E-state index contributed by atoms with van der Waals surface area (Å²) in [5, 5.41) is 0.806. The molecule has 0 radical (unpaired) electrons. The van der Waals surface area contributed by atoms with Crippen molar-refractivity contribution in [1.82, 2.24) is 4.98 Å². The second-order valence-corrected chi connectivity index (χ2v) is 2.92. The van der Waals surface area contributed by atoms with Gasteiger partial charge in [0.15, 0.2) is 0 Å². The van der Waals surface area contributed by atoms with Crippen LogP contribution in [0.5, 0.6) is 0 Å². The Kier molecular flexibility index (Phi) is 1.48. The van der Waals surface area contributed by atoms with Crippen LogP contribution in [0.15, 0.2) is 5.51 Å². The van der Waals surface area contributed by atoms with Gasteiger partial charge < -0.3 is 5.73 Å². The summed E-state index contributed by atoms with van der Waals surface area (Å²) >= 11 is 3.56. The zero-order valence-corrected chi connectivity index (χ0v) is 6.36. The van der Waals surface area contributed by atoms with Crippen molar-refractivity contribution in [3.8, 4) is 0 Å². The van der Waals surface area contributed by atoms with Gasteiger partial charge >= 0.3 is 0 Å². The molecule has 38 valence electrons. The fourth-order valence-electron chi connectivity index (χ4n) is 0.242. The number of hydrogen-bond donors (Lipinski definition) is 1. The molecule has 0 spiro atoms. The van der Waals surface area contributed by atoms with E-state index in [2.05, 4.69) is 27.6 Å².